The molecule has 20 heavy (non-hydrogen) atoms. The SMILES string of the molecule is Cc1ccccc1C1N2CC3(C)CN1CC(C)(C2)C3=O. The fraction of sp³-hybridized carbons (Fsp3) is 0.588. The van der Waals surface area contributed by atoms with Gasteiger partial charge in [-0.2, -0.15) is 0 Å². The Morgan fingerprint density at radius 2 is 1.50 bits per heavy atom. The Morgan fingerprint density at radius 3 is 2.00 bits per heavy atom. The Bertz CT molecular complexity index is 554. The lowest BCUT2D eigenvalue weighted by atomic mass is 9.62. The van der Waals surface area contributed by atoms with Crippen molar-refractivity contribution >= 4 is 5.78 Å². The summed E-state index contributed by atoms with van der Waals surface area (Å²) in [6.07, 6.45) is 0.366. The van der Waals surface area contributed by atoms with Crippen LogP contribution in [0.25, 0.3) is 0 Å². The first-order chi connectivity index (χ1) is 9.43. The average molecular weight is 270 g/mol. The number of nitrogens with zero attached hydrogens (tertiary/aromatic N) is 2. The molecular weight excluding hydrogens is 248 g/mol. The van der Waals surface area contributed by atoms with E-state index in [4.69, 9.17) is 0 Å². The fourth-order valence-electron chi connectivity index (χ4n) is 4.87. The van der Waals surface area contributed by atoms with Gasteiger partial charge in [0.15, 0.2) is 0 Å². The number of rotatable bonds is 1. The summed E-state index contributed by atoms with van der Waals surface area (Å²) in [5.74, 6) is 0.487. The van der Waals surface area contributed by atoms with Crippen molar-refractivity contribution in [2.24, 2.45) is 10.8 Å². The molecule has 4 aliphatic rings. The van der Waals surface area contributed by atoms with Crippen LogP contribution in [0.15, 0.2) is 24.3 Å². The Balaban J connectivity index is 1.78. The lowest BCUT2D eigenvalue weighted by Gasteiger charge is -2.65. The molecule has 3 heteroatoms. The number of carbonyl (C=O) groups excluding carboxylic acids is 1. The van der Waals surface area contributed by atoms with Crippen LogP contribution >= 0.6 is 0 Å². The summed E-state index contributed by atoms with van der Waals surface area (Å²) in [6.45, 7) is 10.2. The molecule has 4 bridgehead atoms. The minimum atomic E-state index is -0.162. The molecule has 0 aromatic heterocycles. The Labute approximate surface area is 120 Å². The minimum Gasteiger partial charge on any atom is -0.298 e. The van der Waals surface area contributed by atoms with E-state index in [1.807, 2.05) is 0 Å². The highest BCUT2D eigenvalue weighted by Gasteiger charge is 2.62. The van der Waals surface area contributed by atoms with Crippen LogP contribution in [0.3, 0.4) is 0 Å². The van der Waals surface area contributed by atoms with Gasteiger partial charge in [0.2, 0.25) is 0 Å². The van der Waals surface area contributed by atoms with Crippen molar-refractivity contribution in [3.63, 3.8) is 0 Å². The van der Waals surface area contributed by atoms with Crippen LogP contribution in [0.1, 0.15) is 31.1 Å². The van der Waals surface area contributed by atoms with Crippen LogP contribution in [-0.2, 0) is 4.79 Å². The molecule has 0 unspecified atom stereocenters. The molecule has 4 saturated heterocycles. The number of piperidine rings is 2. The monoisotopic (exact) mass is 270 g/mol. The second-order valence-corrected chi connectivity index (χ2v) is 7.49. The van der Waals surface area contributed by atoms with E-state index in [2.05, 4.69) is 54.8 Å². The van der Waals surface area contributed by atoms with Gasteiger partial charge < -0.3 is 0 Å². The van der Waals surface area contributed by atoms with Gasteiger partial charge in [0, 0.05) is 26.2 Å². The Hall–Kier alpha value is -1.19. The third kappa shape index (κ3) is 1.45. The Morgan fingerprint density at radius 1 is 1.00 bits per heavy atom. The highest BCUT2D eigenvalue weighted by atomic mass is 16.1. The predicted molar refractivity (Wildman–Crippen MR) is 78.3 cm³/mol. The molecule has 1 aromatic carbocycles. The summed E-state index contributed by atoms with van der Waals surface area (Å²) in [6, 6.07) is 8.67. The van der Waals surface area contributed by atoms with Crippen molar-refractivity contribution < 1.29 is 4.79 Å². The smallest absolute Gasteiger partial charge is 0.149 e. The quantitative estimate of drug-likeness (QED) is 0.782. The summed E-state index contributed by atoms with van der Waals surface area (Å²) in [4.78, 5) is 17.7. The summed E-state index contributed by atoms with van der Waals surface area (Å²) >= 11 is 0. The van der Waals surface area contributed by atoms with Crippen molar-refractivity contribution in [2.75, 3.05) is 26.2 Å². The van der Waals surface area contributed by atoms with E-state index in [9.17, 15) is 4.79 Å². The lowest BCUT2D eigenvalue weighted by molar-refractivity contribution is -0.197. The number of aryl methyl sites for hydroxylation is 1. The van der Waals surface area contributed by atoms with Crippen LogP contribution in [0.2, 0.25) is 0 Å². The predicted octanol–water partition coefficient (Wildman–Crippen LogP) is 2.22. The number of carbonyl (C=O) groups is 1. The van der Waals surface area contributed by atoms with Crippen LogP contribution in [0.4, 0.5) is 0 Å². The van der Waals surface area contributed by atoms with Gasteiger partial charge in [-0.25, -0.2) is 0 Å². The second kappa shape index (κ2) is 3.71. The molecule has 0 N–H and O–H groups in total. The summed E-state index contributed by atoms with van der Waals surface area (Å²) < 4.78 is 0. The first-order valence-corrected chi connectivity index (χ1v) is 7.52. The standard InChI is InChI=1S/C17H22N2O/c1-12-6-4-5-7-13(12)14-18-8-16(2)9-19(14)11-17(3,10-18)15(16)20/h4-7,14H,8-11H2,1-3H3. The summed E-state index contributed by atoms with van der Waals surface area (Å²) in [5, 5.41) is 0. The molecule has 5 rings (SSSR count). The zero-order valence-corrected chi connectivity index (χ0v) is 12.5. The highest BCUT2D eigenvalue weighted by molar-refractivity contribution is 5.92. The van der Waals surface area contributed by atoms with Crippen LogP contribution in [-0.4, -0.2) is 41.8 Å². The largest absolute Gasteiger partial charge is 0.298 e. The molecule has 0 aliphatic carbocycles. The topological polar surface area (TPSA) is 23.6 Å². The van der Waals surface area contributed by atoms with Crippen molar-refractivity contribution in [2.45, 2.75) is 26.9 Å². The molecule has 4 heterocycles. The van der Waals surface area contributed by atoms with Crippen molar-refractivity contribution in [1.82, 2.24) is 9.80 Å². The van der Waals surface area contributed by atoms with Gasteiger partial charge in [0.1, 0.15) is 5.78 Å². The lowest BCUT2D eigenvalue weighted by Crippen LogP contribution is -2.75. The van der Waals surface area contributed by atoms with Crippen LogP contribution in [0, 0.1) is 17.8 Å². The molecule has 3 nitrogen and oxygen atoms in total. The van der Waals surface area contributed by atoms with E-state index < -0.39 is 0 Å². The Kier molecular flexibility index (Phi) is 2.33. The molecule has 0 amide bonds. The van der Waals surface area contributed by atoms with Crippen LogP contribution in [0.5, 0.6) is 0 Å². The molecule has 0 spiro atoms. The van der Waals surface area contributed by atoms with Crippen molar-refractivity contribution in [1.29, 1.82) is 0 Å². The van der Waals surface area contributed by atoms with E-state index in [0.717, 1.165) is 26.2 Å². The first-order valence-electron chi connectivity index (χ1n) is 7.52. The van der Waals surface area contributed by atoms with E-state index in [1.54, 1.807) is 0 Å². The average Bonchev–Trinajstić information content (AvgIpc) is 2.36. The summed E-state index contributed by atoms with van der Waals surface area (Å²) in [7, 11) is 0. The van der Waals surface area contributed by atoms with Gasteiger partial charge >= 0.3 is 0 Å². The number of ketones is 1. The highest BCUT2D eigenvalue weighted by Crippen LogP contribution is 2.52. The van der Waals surface area contributed by atoms with Crippen LogP contribution < -0.4 is 0 Å². The van der Waals surface area contributed by atoms with Gasteiger partial charge in [0.25, 0.3) is 0 Å². The van der Waals surface area contributed by atoms with Crippen molar-refractivity contribution in [3.05, 3.63) is 35.4 Å². The summed E-state index contributed by atoms with van der Waals surface area (Å²) in [5.41, 5.74) is 2.44. The third-order valence-electron chi connectivity index (χ3n) is 5.46. The normalized spacial score (nSPS) is 46.0. The van der Waals surface area contributed by atoms with Gasteiger partial charge in [-0.3, -0.25) is 14.6 Å². The number of Topliss-reactive ketones (excluding diaryl/α,β-unsaturated/α-hetero) is 1. The fourth-order valence-corrected chi connectivity index (χ4v) is 4.87. The number of hydrogen-bond acceptors (Lipinski definition) is 3. The van der Waals surface area contributed by atoms with E-state index in [0.29, 0.717) is 11.9 Å². The van der Waals surface area contributed by atoms with Crippen molar-refractivity contribution in [3.8, 4) is 0 Å². The van der Waals surface area contributed by atoms with Gasteiger partial charge in [0.05, 0.1) is 17.0 Å². The van der Waals surface area contributed by atoms with E-state index in [1.165, 1.54) is 11.1 Å². The maximum atomic E-state index is 12.7. The number of benzene rings is 1. The maximum Gasteiger partial charge on any atom is 0.149 e. The number of hydrogen-bond donors (Lipinski definition) is 0. The first kappa shape index (κ1) is 12.5. The van der Waals surface area contributed by atoms with E-state index >= 15 is 0 Å². The van der Waals surface area contributed by atoms with Gasteiger partial charge in [-0.15, -0.1) is 0 Å². The van der Waals surface area contributed by atoms with Gasteiger partial charge in [-0.05, 0) is 18.1 Å². The molecule has 106 valence electrons. The third-order valence-corrected chi connectivity index (χ3v) is 5.46. The molecule has 1 aromatic rings. The zero-order valence-electron chi connectivity index (χ0n) is 12.5. The molecule has 0 atom stereocenters. The minimum absolute atomic E-state index is 0.162. The van der Waals surface area contributed by atoms with Gasteiger partial charge in [-0.1, -0.05) is 38.1 Å². The molecular formula is C17H22N2O. The molecule has 4 aliphatic heterocycles. The molecule has 4 fully saturated rings. The zero-order chi connectivity index (χ0) is 14.1. The molecule has 0 radical (unpaired) electrons. The van der Waals surface area contributed by atoms with E-state index in [-0.39, 0.29) is 10.8 Å². The molecule has 0 saturated carbocycles. The maximum absolute atomic E-state index is 12.7. The second-order valence-electron chi connectivity index (χ2n) is 7.49.